The fourth-order valence-electron chi connectivity index (χ4n) is 3.14. The van der Waals surface area contributed by atoms with Crippen molar-refractivity contribution < 1.29 is 4.79 Å². The molecule has 0 saturated carbocycles. The summed E-state index contributed by atoms with van der Waals surface area (Å²) in [5.41, 5.74) is 5.14. The summed E-state index contributed by atoms with van der Waals surface area (Å²) in [5, 5.41) is 6.89. The number of carbonyl (C=O) groups excluding carboxylic acids is 1. The van der Waals surface area contributed by atoms with Crippen LogP contribution in [0.25, 0.3) is 0 Å². The molecule has 4 nitrogen and oxygen atoms in total. The second-order valence-electron chi connectivity index (χ2n) is 6.50. The standard InChI is InChI=1S/C20H24ClN3O/c1-14-6-5-7-17(15(14)2)23-20(25)13-22-18-12-16(21)8-9-19(18)24-10-3-4-11-24/h5-9,12,22H,3-4,10-11,13H2,1-2H3,(H,23,25). The van der Waals surface area contributed by atoms with Crippen molar-refractivity contribution in [2.45, 2.75) is 26.7 Å². The van der Waals surface area contributed by atoms with Gasteiger partial charge >= 0.3 is 0 Å². The number of rotatable bonds is 5. The van der Waals surface area contributed by atoms with Crippen LogP contribution in [0.15, 0.2) is 36.4 Å². The van der Waals surface area contributed by atoms with Crippen molar-refractivity contribution in [3.05, 3.63) is 52.5 Å². The number of halogens is 1. The first-order valence-corrected chi connectivity index (χ1v) is 9.07. The number of nitrogens with one attached hydrogen (secondary N) is 2. The lowest BCUT2D eigenvalue weighted by molar-refractivity contribution is -0.114. The van der Waals surface area contributed by atoms with Crippen molar-refractivity contribution in [1.29, 1.82) is 0 Å². The largest absolute Gasteiger partial charge is 0.374 e. The Labute approximate surface area is 154 Å². The Morgan fingerprint density at radius 2 is 1.88 bits per heavy atom. The highest BCUT2D eigenvalue weighted by molar-refractivity contribution is 6.31. The zero-order valence-electron chi connectivity index (χ0n) is 14.7. The number of hydrogen-bond acceptors (Lipinski definition) is 3. The lowest BCUT2D eigenvalue weighted by Gasteiger charge is -2.22. The molecule has 0 unspecified atom stereocenters. The van der Waals surface area contributed by atoms with Crippen LogP contribution in [0.4, 0.5) is 17.1 Å². The van der Waals surface area contributed by atoms with Crippen molar-refractivity contribution in [2.24, 2.45) is 0 Å². The molecule has 25 heavy (non-hydrogen) atoms. The van der Waals surface area contributed by atoms with Gasteiger partial charge in [-0.1, -0.05) is 23.7 Å². The Morgan fingerprint density at radius 1 is 1.12 bits per heavy atom. The van der Waals surface area contributed by atoms with Crippen LogP contribution < -0.4 is 15.5 Å². The van der Waals surface area contributed by atoms with E-state index < -0.39 is 0 Å². The predicted molar refractivity (Wildman–Crippen MR) is 106 cm³/mol. The Kier molecular flexibility index (Phi) is 5.49. The summed E-state index contributed by atoms with van der Waals surface area (Å²) in [5.74, 6) is -0.0685. The van der Waals surface area contributed by atoms with Gasteiger partial charge in [0.2, 0.25) is 5.91 Å². The van der Waals surface area contributed by atoms with E-state index in [1.54, 1.807) is 0 Å². The fraction of sp³-hybridized carbons (Fsp3) is 0.350. The monoisotopic (exact) mass is 357 g/mol. The van der Waals surface area contributed by atoms with Gasteiger partial charge < -0.3 is 15.5 Å². The van der Waals surface area contributed by atoms with Crippen LogP contribution in [0.2, 0.25) is 5.02 Å². The van der Waals surface area contributed by atoms with Gasteiger partial charge in [-0.15, -0.1) is 0 Å². The highest BCUT2D eigenvalue weighted by Crippen LogP contribution is 2.31. The summed E-state index contributed by atoms with van der Waals surface area (Å²) in [4.78, 5) is 14.7. The van der Waals surface area contributed by atoms with Gasteiger partial charge in [0, 0.05) is 23.8 Å². The molecule has 1 heterocycles. The maximum Gasteiger partial charge on any atom is 0.243 e. The summed E-state index contributed by atoms with van der Waals surface area (Å²) in [7, 11) is 0. The summed E-state index contributed by atoms with van der Waals surface area (Å²) in [6.07, 6.45) is 2.41. The van der Waals surface area contributed by atoms with Crippen molar-refractivity contribution in [3.8, 4) is 0 Å². The molecule has 0 aliphatic carbocycles. The highest BCUT2D eigenvalue weighted by atomic mass is 35.5. The second-order valence-corrected chi connectivity index (χ2v) is 6.94. The summed E-state index contributed by atoms with van der Waals surface area (Å²) in [6, 6.07) is 11.7. The normalized spacial score (nSPS) is 13.8. The van der Waals surface area contributed by atoms with E-state index in [4.69, 9.17) is 11.6 Å². The second kappa shape index (κ2) is 7.79. The molecule has 2 aromatic carbocycles. The first-order valence-electron chi connectivity index (χ1n) is 8.69. The molecule has 1 fully saturated rings. The lowest BCUT2D eigenvalue weighted by Crippen LogP contribution is -2.24. The molecule has 0 bridgehead atoms. The van der Waals surface area contributed by atoms with Crippen molar-refractivity contribution >= 4 is 34.6 Å². The molecule has 0 radical (unpaired) electrons. The van der Waals surface area contributed by atoms with Gasteiger partial charge in [0.15, 0.2) is 0 Å². The van der Waals surface area contributed by atoms with Gasteiger partial charge in [-0.05, 0) is 62.1 Å². The van der Waals surface area contributed by atoms with Crippen molar-refractivity contribution in [2.75, 3.05) is 35.2 Å². The van der Waals surface area contributed by atoms with Gasteiger partial charge in [0.25, 0.3) is 0 Å². The van der Waals surface area contributed by atoms with Gasteiger partial charge in [0.05, 0.1) is 17.9 Å². The van der Waals surface area contributed by atoms with Crippen LogP contribution >= 0.6 is 11.6 Å². The molecule has 1 saturated heterocycles. The Morgan fingerprint density at radius 3 is 2.64 bits per heavy atom. The van der Waals surface area contributed by atoms with E-state index in [9.17, 15) is 4.79 Å². The maximum absolute atomic E-state index is 12.3. The Bertz CT molecular complexity index is 770. The molecule has 0 atom stereocenters. The molecule has 5 heteroatoms. The first kappa shape index (κ1) is 17.6. The third-order valence-corrected chi connectivity index (χ3v) is 4.96. The molecule has 2 N–H and O–H groups in total. The molecule has 1 amide bonds. The number of benzene rings is 2. The fourth-order valence-corrected chi connectivity index (χ4v) is 3.31. The predicted octanol–water partition coefficient (Wildman–Crippen LogP) is 4.61. The van der Waals surface area contributed by atoms with Gasteiger partial charge in [-0.25, -0.2) is 0 Å². The number of carbonyl (C=O) groups is 1. The molecule has 0 spiro atoms. The van der Waals surface area contributed by atoms with E-state index in [2.05, 4.69) is 15.5 Å². The minimum absolute atomic E-state index is 0.0685. The minimum atomic E-state index is -0.0685. The number of anilines is 3. The van der Waals surface area contributed by atoms with Crippen LogP contribution in [0.5, 0.6) is 0 Å². The molecular weight excluding hydrogens is 334 g/mol. The molecule has 2 aromatic rings. The number of hydrogen-bond donors (Lipinski definition) is 2. The molecule has 132 valence electrons. The summed E-state index contributed by atoms with van der Waals surface area (Å²) < 4.78 is 0. The number of nitrogens with zero attached hydrogens (tertiary/aromatic N) is 1. The van der Waals surface area contributed by atoms with Crippen LogP contribution in [-0.2, 0) is 4.79 Å². The van der Waals surface area contributed by atoms with Gasteiger partial charge in [0.1, 0.15) is 0 Å². The Hall–Kier alpha value is -2.20. The molecule has 3 rings (SSSR count). The third kappa shape index (κ3) is 4.26. The van der Waals surface area contributed by atoms with Gasteiger partial charge in [-0.2, -0.15) is 0 Å². The van der Waals surface area contributed by atoms with E-state index >= 15 is 0 Å². The van der Waals surface area contributed by atoms with Crippen LogP contribution in [-0.4, -0.2) is 25.5 Å². The lowest BCUT2D eigenvalue weighted by atomic mass is 10.1. The molecule has 1 aliphatic heterocycles. The Balaban J connectivity index is 1.67. The molecule has 1 aliphatic rings. The first-order chi connectivity index (χ1) is 12.0. The van der Waals surface area contributed by atoms with Crippen molar-refractivity contribution in [3.63, 3.8) is 0 Å². The van der Waals surface area contributed by atoms with Crippen LogP contribution in [0, 0.1) is 13.8 Å². The average Bonchev–Trinajstić information content (AvgIpc) is 3.11. The zero-order valence-corrected chi connectivity index (χ0v) is 15.5. The smallest absolute Gasteiger partial charge is 0.243 e. The van der Waals surface area contributed by atoms with E-state index in [1.807, 2.05) is 50.2 Å². The third-order valence-electron chi connectivity index (χ3n) is 4.72. The SMILES string of the molecule is Cc1cccc(NC(=O)CNc2cc(Cl)ccc2N2CCCC2)c1C. The highest BCUT2D eigenvalue weighted by Gasteiger charge is 2.16. The molecular formula is C20H24ClN3O. The average molecular weight is 358 g/mol. The molecule has 0 aromatic heterocycles. The maximum atomic E-state index is 12.3. The number of amides is 1. The number of aryl methyl sites for hydroxylation is 1. The van der Waals surface area contributed by atoms with Crippen LogP contribution in [0.1, 0.15) is 24.0 Å². The van der Waals surface area contributed by atoms with E-state index in [0.717, 1.165) is 41.3 Å². The van der Waals surface area contributed by atoms with E-state index in [-0.39, 0.29) is 12.5 Å². The van der Waals surface area contributed by atoms with Crippen molar-refractivity contribution in [1.82, 2.24) is 0 Å². The topological polar surface area (TPSA) is 44.4 Å². The zero-order chi connectivity index (χ0) is 17.8. The minimum Gasteiger partial charge on any atom is -0.374 e. The van der Waals surface area contributed by atoms with E-state index in [1.165, 1.54) is 12.8 Å². The summed E-state index contributed by atoms with van der Waals surface area (Å²) in [6.45, 7) is 6.35. The van der Waals surface area contributed by atoms with Gasteiger partial charge in [-0.3, -0.25) is 4.79 Å². The quantitative estimate of drug-likeness (QED) is 0.821. The summed E-state index contributed by atoms with van der Waals surface area (Å²) >= 11 is 6.15. The van der Waals surface area contributed by atoms with E-state index in [0.29, 0.717) is 5.02 Å². The van der Waals surface area contributed by atoms with Crippen LogP contribution in [0.3, 0.4) is 0 Å².